The predicted molar refractivity (Wildman–Crippen MR) is 74.3 cm³/mol. The second-order valence-corrected chi connectivity index (χ2v) is 4.11. The lowest BCUT2D eigenvalue weighted by molar-refractivity contribution is 0.102. The topological polar surface area (TPSA) is 77.2 Å². The highest BCUT2D eigenvalue weighted by molar-refractivity contribution is 6.03. The molecule has 0 atom stereocenters. The number of anilines is 2. The van der Waals surface area contributed by atoms with Crippen molar-refractivity contribution < 1.29 is 9.53 Å². The number of ether oxygens (including phenoxy) is 1. The molecular formula is C14H15N3O2. The van der Waals surface area contributed by atoms with Gasteiger partial charge >= 0.3 is 0 Å². The largest absolute Gasteiger partial charge is 0.496 e. The Morgan fingerprint density at radius 2 is 2.11 bits per heavy atom. The first-order valence-corrected chi connectivity index (χ1v) is 5.77. The Balaban J connectivity index is 2.17. The van der Waals surface area contributed by atoms with Crippen LogP contribution in [0.3, 0.4) is 0 Å². The van der Waals surface area contributed by atoms with Crippen molar-refractivity contribution in [2.45, 2.75) is 6.92 Å². The summed E-state index contributed by atoms with van der Waals surface area (Å²) in [6.07, 6.45) is 1.50. The standard InChI is InChI=1S/C14H15N3O2/c1-9-7-11(3-4-13(9)19-2)17-14(18)12-8-10(15)5-6-16-12/h3-8H,1-2H3,(H2,15,16)(H,17,18). The molecule has 5 heteroatoms. The summed E-state index contributed by atoms with van der Waals surface area (Å²) in [5.74, 6) is 0.483. The zero-order valence-corrected chi connectivity index (χ0v) is 10.8. The van der Waals surface area contributed by atoms with Crippen LogP contribution in [0, 0.1) is 6.92 Å². The van der Waals surface area contributed by atoms with Gasteiger partial charge in [-0.05, 0) is 42.8 Å². The van der Waals surface area contributed by atoms with Crippen LogP contribution in [0.1, 0.15) is 16.1 Å². The summed E-state index contributed by atoms with van der Waals surface area (Å²) in [6, 6.07) is 8.58. The first-order valence-electron chi connectivity index (χ1n) is 5.77. The molecular weight excluding hydrogens is 242 g/mol. The minimum atomic E-state index is -0.295. The number of pyridine rings is 1. The fourth-order valence-electron chi connectivity index (χ4n) is 1.72. The number of nitrogens with two attached hydrogens (primary N) is 1. The quantitative estimate of drug-likeness (QED) is 0.884. The molecule has 0 radical (unpaired) electrons. The van der Waals surface area contributed by atoms with Crippen LogP contribution in [-0.4, -0.2) is 18.0 Å². The zero-order chi connectivity index (χ0) is 13.8. The number of rotatable bonds is 3. The van der Waals surface area contributed by atoms with Crippen LogP contribution in [0.25, 0.3) is 0 Å². The maximum absolute atomic E-state index is 12.0. The van der Waals surface area contributed by atoms with Crippen molar-refractivity contribution in [3.8, 4) is 5.75 Å². The van der Waals surface area contributed by atoms with Gasteiger partial charge in [-0.25, -0.2) is 0 Å². The van der Waals surface area contributed by atoms with E-state index in [2.05, 4.69) is 10.3 Å². The highest BCUT2D eigenvalue weighted by atomic mass is 16.5. The van der Waals surface area contributed by atoms with Gasteiger partial charge in [-0.15, -0.1) is 0 Å². The van der Waals surface area contributed by atoms with E-state index in [-0.39, 0.29) is 11.6 Å². The molecule has 2 rings (SSSR count). The summed E-state index contributed by atoms with van der Waals surface area (Å²) in [6.45, 7) is 1.91. The molecule has 19 heavy (non-hydrogen) atoms. The fourth-order valence-corrected chi connectivity index (χ4v) is 1.72. The van der Waals surface area contributed by atoms with E-state index in [4.69, 9.17) is 10.5 Å². The Kier molecular flexibility index (Phi) is 3.66. The first-order chi connectivity index (χ1) is 9.10. The highest BCUT2D eigenvalue weighted by Crippen LogP contribution is 2.21. The molecule has 1 aromatic heterocycles. The Morgan fingerprint density at radius 1 is 1.32 bits per heavy atom. The summed E-state index contributed by atoms with van der Waals surface area (Å²) in [5, 5.41) is 2.77. The molecule has 3 N–H and O–H groups in total. The van der Waals surface area contributed by atoms with Crippen LogP contribution >= 0.6 is 0 Å². The molecule has 2 aromatic rings. The number of benzene rings is 1. The van der Waals surface area contributed by atoms with E-state index in [0.717, 1.165) is 11.3 Å². The van der Waals surface area contributed by atoms with Gasteiger partial charge < -0.3 is 15.8 Å². The van der Waals surface area contributed by atoms with Crippen molar-refractivity contribution in [1.29, 1.82) is 0 Å². The van der Waals surface area contributed by atoms with Crippen molar-refractivity contribution in [2.24, 2.45) is 0 Å². The number of amides is 1. The monoisotopic (exact) mass is 257 g/mol. The van der Waals surface area contributed by atoms with E-state index >= 15 is 0 Å². The second-order valence-electron chi connectivity index (χ2n) is 4.11. The molecule has 0 bridgehead atoms. The van der Waals surface area contributed by atoms with Gasteiger partial charge in [-0.2, -0.15) is 0 Å². The van der Waals surface area contributed by atoms with Crippen LogP contribution in [0.15, 0.2) is 36.5 Å². The van der Waals surface area contributed by atoms with E-state index in [1.165, 1.54) is 12.3 Å². The number of nitrogens with zero attached hydrogens (tertiary/aromatic N) is 1. The molecule has 1 aromatic carbocycles. The number of aryl methyl sites for hydroxylation is 1. The molecule has 0 unspecified atom stereocenters. The number of nitrogens with one attached hydrogen (secondary N) is 1. The van der Waals surface area contributed by atoms with Gasteiger partial charge in [0.15, 0.2) is 0 Å². The molecule has 0 fully saturated rings. The van der Waals surface area contributed by atoms with E-state index < -0.39 is 0 Å². The summed E-state index contributed by atoms with van der Waals surface area (Å²) >= 11 is 0. The smallest absolute Gasteiger partial charge is 0.274 e. The highest BCUT2D eigenvalue weighted by Gasteiger charge is 2.08. The van der Waals surface area contributed by atoms with Gasteiger partial charge in [0, 0.05) is 17.6 Å². The maximum atomic E-state index is 12.0. The third-order valence-corrected chi connectivity index (χ3v) is 2.67. The van der Waals surface area contributed by atoms with Crippen LogP contribution < -0.4 is 15.8 Å². The van der Waals surface area contributed by atoms with Crippen molar-refractivity contribution in [3.63, 3.8) is 0 Å². The van der Waals surface area contributed by atoms with Crippen molar-refractivity contribution in [1.82, 2.24) is 4.98 Å². The molecule has 0 saturated heterocycles. The summed E-state index contributed by atoms with van der Waals surface area (Å²) in [7, 11) is 1.61. The summed E-state index contributed by atoms with van der Waals surface area (Å²) in [4.78, 5) is 15.9. The Bertz CT molecular complexity index is 611. The van der Waals surface area contributed by atoms with Crippen molar-refractivity contribution in [2.75, 3.05) is 18.2 Å². The summed E-state index contributed by atoms with van der Waals surface area (Å²) < 4.78 is 5.16. The first kappa shape index (κ1) is 12.9. The number of carbonyl (C=O) groups excluding carboxylic acids is 1. The lowest BCUT2D eigenvalue weighted by Gasteiger charge is -2.08. The van der Waals surface area contributed by atoms with E-state index in [1.807, 2.05) is 13.0 Å². The molecule has 0 aliphatic rings. The van der Waals surface area contributed by atoms with Gasteiger partial charge in [0.1, 0.15) is 11.4 Å². The Hall–Kier alpha value is -2.56. The lowest BCUT2D eigenvalue weighted by Crippen LogP contribution is -2.14. The van der Waals surface area contributed by atoms with E-state index in [0.29, 0.717) is 11.4 Å². The number of hydrogen-bond acceptors (Lipinski definition) is 4. The SMILES string of the molecule is COc1ccc(NC(=O)c2cc(N)ccn2)cc1C. The molecule has 1 amide bonds. The normalized spacial score (nSPS) is 10.0. The summed E-state index contributed by atoms with van der Waals surface area (Å²) in [5.41, 5.74) is 8.04. The average Bonchev–Trinajstić information content (AvgIpc) is 2.39. The predicted octanol–water partition coefficient (Wildman–Crippen LogP) is 2.23. The van der Waals surface area contributed by atoms with Crippen LogP contribution in [0.4, 0.5) is 11.4 Å². The second kappa shape index (κ2) is 5.39. The Labute approximate surface area is 111 Å². The number of hydrogen-bond donors (Lipinski definition) is 2. The minimum absolute atomic E-state index is 0.286. The van der Waals surface area contributed by atoms with Crippen molar-refractivity contribution >= 4 is 17.3 Å². The molecule has 98 valence electrons. The molecule has 0 saturated carbocycles. The van der Waals surface area contributed by atoms with E-state index in [9.17, 15) is 4.79 Å². The van der Waals surface area contributed by atoms with Gasteiger partial charge in [-0.3, -0.25) is 9.78 Å². The number of nitrogen functional groups attached to an aromatic ring is 1. The number of aromatic nitrogens is 1. The molecule has 5 nitrogen and oxygen atoms in total. The number of carbonyl (C=O) groups is 1. The van der Waals surface area contributed by atoms with E-state index in [1.54, 1.807) is 25.3 Å². The third kappa shape index (κ3) is 3.01. The van der Waals surface area contributed by atoms with Crippen LogP contribution in [0.5, 0.6) is 5.75 Å². The number of methoxy groups -OCH3 is 1. The van der Waals surface area contributed by atoms with Crippen molar-refractivity contribution in [3.05, 3.63) is 47.8 Å². The van der Waals surface area contributed by atoms with Gasteiger partial charge in [0.25, 0.3) is 5.91 Å². The molecule has 0 spiro atoms. The molecule has 1 heterocycles. The van der Waals surface area contributed by atoms with Crippen LogP contribution in [-0.2, 0) is 0 Å². The van der Waals surface area contributed by atoms with Gasteiger partial charge in [0.2, 0.25) is 0 Å². The minimum Gasteiger partial charge on any atom is -0.496 e. The average molecular weight is 257 g/mol. The van der Waals surface area contributed by atoms with Gasteiger partial charge in [-0.1, -0.05) is 0 Å². The lowest BCUT2D eigenvalue weighted by atomic mass is 10.2. The van der Waals surface area contributed by atoms with Crippen LogP contribution in [0.2, 0.25) is 0 Å². The Morgan fingerprint density at radius 3 is 2.74 bits per heavy atom. The third-order valence-electron chi connectivity index (χ3n) is 2.67. The molecule has 0 aliphatic heterocycles. The van der Waals surface area contributed by atoms with Gasteiger partial charge in [0.05, 0.1) is 7.11 Å². The fraction of sp³-hybridized carbons (Fsp3) is 0.143. The molecule has 0 aliphatic carbocycles. The maximum Gasteiger partial charge on any atom is 0.274 e. The zero-order valence-electron chi connectivity index (χ0n) is 10.8.